The molecule has 2 aromatic heterocycles. The molecule has 0 aliphatic carbocycles. The number of ether oxygens (including phenoxy) is 1. The zero-order valence-electron chi connectivity index (χ0n) is 18.5. The largest absolute Gasteiger partial charge is 0.487 e. The van der Waals surface area contributed by atoms with Crippen LogP contribution in [-0.2, 0) is 17.9 Å². The fourth-order valence-electron chi connectivity index (χ4n) is 3.75. The van der Waals surface area contributed by atoms with Gasteiger partial charge in [-0.05, 0) is 53.4 Å². The van der Waals surface area contributed by atoms with Gasteiger partial charge in [-0.15, -0.1) is 21.8 Å². The summed E-state index contributed by atoms with van der Waals surface area (Å²) in [4.78, 5) is 4.30. The lowest BCUT2D eigenvalue weighted by Crippen LogP contribution is -2.30. The summed E-state index contributed by atoms with van der Waals surface area (Å²) in [5.74, 6) is 2.31. The molecule has 0 fully saturated rings. The van der Waals surface area contributed by atoms with Gasteiger partial charge in [-0.1, -0.05) is 51.1 Å². The van der Waals surface area contributed by atoms with E-state index in [1.54, 1.807) is 6.20 Å². The normalized spacial score (nSPS) is 13.2. The molecular weight excluding hydrogens is 422 g/mol. The Morgan fingerprint density at radius 2 is 1.62 bits per heavy atom. The third kappa shape index (κ3) is 4.53. The van der Waals surface area contributed by atoms with Gasteiger partial charge in [0.25, 0.3) is 0 Å². The molecule has 5 nitrogen and oxygen atoms in total. The van der Waals surface area contributed by atoms with Gasteiger partial charge in [-0.3, -0.25) is 4.98 Å². The van der Waals surface area contributed by atoms with Crippen LogP contribution in [0.4, 0.5) is 0 Å². The smallest absolute Gasteiger partial charge is 0.247 e. The molecule has 0 amide bonds. The van der Waals surface area contributed by atoms with Crippen molar-refractivity contribution < 1.29 is 9.15 Å². The van der Waals surface area contributed by atoms with Gasteiger partial charge in [0.05, 0.1) is 5.69 Å². The van der Waals surface area contributed by atoms with E-state index in [-0.39, 0.29) is 11.3 Å². The lowest BCUT2D eigenvalue weighted by molar-refractivity contribution is 0.301. The predicted octanol–water partition coefficient (Wildman–Crippen LogP) is 6.41. The van der Waals surface area contributed by atoms with Gasteiger partial charge in [0, 0.05) is 17.2 Å². The lowest BCUT2D eigenvalue weighted by Gasteiger charge is -2.35. The van der Waals surface area contributed by atoms with Crippen molar-refractivity contribution in [2.24, 2.45) is 5.92 Å². The molecule has 0 saturated heterocycles. The zero-order chi connectivity index (χ0) is 22.6. The topological polar surface area (TPSA) is 61.0 Å². The SMILES string of the molecule is CC(C)C(C)(c1ccc(OCc2ccccn2)cc1)c1ccc(-c2nnc(CCl)o2)cc1. The number of hydrogen-bond donors (Lipinski definition) is 0. The molecule has 1 unspecified atom stereocenters. The average molecular weight is 448 g/mol. The van der Waals surface area contributed by atoms with Crippen molar-refractivity contribution in [1.29, 1.82) is 0 Å². The van der Waals surface area contributed by atoms with E-state index < -0.39 is 0 Å². The van der Waals surface area contributed by atoms with E-state index >= 15 is 0 Å². The number of benzene rings is 2. The molecule has 0 spiro atoms. The van der Waals surface area contributed by atoms with Crippen LogP contribution in [0.5, 0.6) is 5.75 Å². The number of pyridine rings is 1. The summed E-state index contributed by atoms with van der Waals surface area (Å²) >= 11 is 5.77. The summed E-state index contributed by atoms with van der Waals surface area (Å²) in [5.41, 5.74) is 4.06. The fraction of sp³-hybridized carbons (Fsp3) is 0.269. The summed E-state index contributed by atoms with van der Waals surface area (Å²) in [7, 11) is 0. The van der Waals surface area contributed by atoms with Crippen LogP contribution in [0.3, 0.4) is 0 Å². The molecule has 0 aliphatic heterocycles. The van der Waals surface area contributed by atoms with Crippen LogP contribution in [0.1, 0.15) is 43.5 Å². The van der Waals surface area contributed by atoms with Gasteiger partial charge in [-0.25, -0.2) is 0 Å². The molecule has 2 heterocycles. The van der Waals surface area contributed by atoms with Gasteiger partial charge >= 0.3 is 0 Å². The summed E-state index contributed by atoms with van der Waals surface area (Å²) in [5, 5.41) is 8.01. The van der Waals surface area contributed by atoms with E-state index in [9.17, 15) is 0 Å². The van der Waals surface area contributed by atoms with Crippen molar-refractivity contribution >= 4 is 11.6 Å². The van der Waals surface area contributed by atoms with Crippen molar-refractivity contribution in [3.8, 4) is 17.2 Å². The first-order valence-electron chi connectivity index (χ1n) is 10.6. The highest BCUT2D eigenvalue weighted by molar-refractivity contribution is 6.16. The molecule has 164 valence electrons. The zero-order valence-corrected chi connectivity index (χ0v) is 19.2. The number of hydrogen-bond acceptors (Lipinski definition) is 5. The van der Waals surface area contributed by atoms with Crippen LogP contribution in [0.15, 0.2) is 77.3 Å². The van der Waals surface area contributed by atoms with Crippen molar-refractivity contribution in [3.63, 3.8) is 0 Å². The maximum atomic E-state index is 5.91. The molecule has 0 N–H and O–H groups in total. The van der Waals surface area contributed by atoms with Gasteiger partial charge in [-0.2, -0.15) is 0 Å². The summed E-state index contributed by atoms with van der Waals surface area (Å²) in [6.45, 7) is 7.20. The second kappa shape index (κ2) is 9.53. The van der Waals surface area contributed by atoms with Crippen molar-refractivity contribution in [3.05, 3.63) is 95.6 Å². The first-order chi connectivity index (χ1) is 15.5. The highest BCUT2D eigenvalue weighted by Crippen LogP contribution is 2.40. The Morgan fingerprint density at radius 3 is 2.19 bits per heavy atom. The van der Waals surface area contributed by atoms with Crippen LogP contribution in [0, 0.1) is 5.92 Å². The van der Waals surface area contributed by atoms with Gasteiger partial charge in [0.1, 0.15) is 18.2 Å². The van der Waals surface area contributed by atoms with Crippen LogP contribution in [0.2, 0.25) is 0 Å². The van der Waals surface area contributed by atoms with Crippen LogP contribution < -0.4 is 4.74 Å². The maximum absolute atomic E-state index is 5.91. The minimum absolute atomic E-state index is 0.172. The van der Waals surface area contributed by atoms with Crippen molar-refractivity contribution in [1.82, 2.24) is 15.2 Å². The minimum Gasteiger partial charge on any atom is -0.487 e. The molecule has 2 aromatic carbocycles. The van der Waals surface area contributed by atoms with E-state index in [2.05, 4.69) is 60.2 Å². The third-order valence-corrected chi connectivity index (χ3v) is 6.26. The fourth-order valence-corrected chi connectivity index (χ4v) is 3.86. The Labute approximate surface area is 193 Å². The standard InChI is InChI=1S/C26H26ClN3O2/c1-18(2)26(3,20-9-7-19(8-10-20)25-30-29-24(16-27)32-25)21-11-13-23(14-12-21)31-17-22-6-4-5-15-28-22/h4-15,18H,16-17H2,1-3H3. The van der Waals surface area contributed by atoms with Crippen LogP contribution in [0.25, 0.3) is 11.5 Å². The second-order valence-corrected chi connectivity index (χ2v) is 8.47. The van der Waals surface area contributed by atoms with Gasteiger partial charge < -0.3 is 9.15 Å². The number of halogens is 1. The van der Waals surface area contributed by atoms with Crippen molar-refractivity contribution in [2.75, 3.05) is 0 Å². The Hall–Kier alpha value is -3.18. The van der Waals surface area contributed by atoms with Gasteiger partial charge in [0.2, 0.25) is 11.8 Å². The first-order valence-corrected chi connectivity index (χ1v) is 11.2. The van der Waals surface area contributed by atoms with Gasteiger partial charge in [0.15, 0.2) is 0 Å². The predicted molar refractivity (Wildman–Crippen MR) is 126 cm³/mol. The number of alkyl halides is 1. The minimum atomic E-state index is -0.172. The summed E-state index contributed by atoms with van der Waals surface area (Å²) in [6.07, 6.45) is 1.77. The molecule has 0 bridgehead atoms. The molecular formula is C26H26ClN3O2. The quantitative estimate of drug-likeness (QED) is 0.292. The van der Waals surface area contributed by atoms with Crippen LogP contribution in [-0.4, -0.2) is 15.2 Å². The Kier molecular flexibility index (Phi) is 6.56. The molecule has 1 atom stereocenters. The first kappa shape index (κ1) is 22.0. The Balaban J connectivity index is 1.55. The van der Waals surface area contributed by atoms with E-state index in [4.69, 9.17) is 20.8 Å². The lowest BCUT2D eigenvalue weighted by atomic mass is 9.68. The molecule has 0 aliphatic rings. The summed E-state index contributed by atoms with van der Waals surface area (Å²) < 4.78 is 11.5. The van der Waals surface area contributed by atoms with E-state index in [1.807, 2.05) is 42.5 Å². The maximum Gasteiger partial charge on any atom is 0.247 e. The third-order valence-electron chi connectivity index (χ3n) is 6.03. The molecule has 6 heteroatoms. The number of aromatic nitrogens is 3. The highest BCUT2D eigenvalue weighted by Gasteiger charge is 2.32. The van der Waals surface area contributed by atoms with E-state index in [1.165, 1.54) is 11.1 Å². The van der Waals surface area contributed by atoms with Crippen molar-refractivity contribution in [2.45, 2.75) is 38.7 Å². The highest BCUT2D eigenvalue weighted by atomic mass is 35.5. The van der Waals surface area contributed by atoms with E-state index in [0.29, 0.717) is 24.3 Å². The number of rotatable bonds is 8. The molecule has 4 aromatic rings. The molecule has 0 radical (unpaired) electrons. The molecule has 32 heavy (non-hydrogen) atoms. The molecule has 0 saturated carbocycles. The molecule has 4 rings (SSSR count). The van der Waals surface area contributed by atoms with E-state index in [0.717, 1.165) is 17.0 Å². The number of nitrogens with zero attached hydrogens (tertiary/aromatic N) is 3. The second-order valence-electron chi connectivity index (χ2n) is 8.20. The van der Waals surface area contributed by atoms with Crippen LogP contribution >= 0.6 is 11.6 Å². The average Bonchev–Trinajstić information content (AvgIpc) is 3.33. The monoisotopic (exact) mass is 447 g/mol. The summed E-state index contributed by atoms with van der Waals surface area (Å²) in [6, 6.07) is 22.5. The Bertz CT molecular complexity index is 1140. The Morgan fingerprint density at radius 1 is 0.938 bits per heavy atom.